The minimum absolute atomic E-state index is 0.0151. The fraction of sp³-hybridized carbons (Fsp3) is 0.200. The maximum absolute atomic E-state index is 14.0. The van der Waals surface area contributed by atoms with Crippen LogP contribution >= 0.6 is 23.2 Å². The van der Waals surface area contributed by atoms with E-state index in [-0.39, 0.29) is 55.2 Å². The maximum Gasteiger partial charge on any atom is 0.326 e. The summed E-state index contributed by atoms with van der Waals surface area (Å²) in [6, 6.07) is 20.7. The van der Waals surface area contributed by atoms with Crippen LogP contribution in [-0.2, 0) is 39.1 Å². The molecule has 4 aromatic carbocycles. The van der Waals surface area contributed by atoms with Crippen molar-refractivity contribution in [3.8, 4) is 0 Å². The van der Waals surface area contributed by atoms with Gasteiger partial charge in [-0.05, 0) is 50.2 Å². The average Bonchev–Trinajstić information content (AvgIpc) is 2.99. The van der Waals surface area contributed by atoms with Gasteiger partial charge >= 0.3 is 11.9 Å². The third-order valence-corrected chi connectivity index (χ3v) is 10.9. The van der Waals surface area contributed by atoms with E-state index in [1.54, 1.807) is 50.2 Å². The van der Waals surface area contributed by atoms with E-state index in [9.17, 15) is 26.4 Å². The molecule has 0 amide bonds. The van der Waals surface area contributed by atoms with Crippen LogP contribution in [0.5, 0.6) is 0 Å². The van der Waals surface area contributed by atoms with Crippen LogP contribution in [0.2, 0.25) is 10.0 Å². The van der Waals surface area contributed by atoms with Gasteiger partial charge in [-0.3, -0.25) is 18.2 Å². The Balaban J connectivity index is 1.98. The normalized spacial score (nSPS) is 11.6. The molecule has 0 unspecified atom stereocenters. The first-order valence-corrected chi connectivity index (χ1v) is 16.9. The SMILES string of the molecule is CCOC(=O)CN(c1ccc(N(CC(=O)OCC)S(=O)(=O)c2ccccc2Cl)c2ccccc12)S(=O)(=O)c1ccccc1Cl. The first kappa shape index (κ1) is 33.1. The Kier molecular flexibility index (Phi) is 10.4. The van der Waals surface area contributed by atoms with Crippen LogP contribution in [0, 0.1) is 0 Å². The monoisotopic (exact) mass is 678 g/mol. The predicted octanol–water partition coefficient (Wildman–Crippen LogP) is 5.66. The van der Waals surface area contributed by atoms with Crippen LogP contribution in [0.3, 0.4) is 0 Å². The molecule has 0 radical (unpaired) electrons. The zero-order valence-corrected chi connectivity index (χ0v) is 26.8. The maximum atomic E-state index is 14.0. The van der Waals surface area contributed by atoms with Crippen molar-refractivity contribution in [2.75, 3.05) is 34.9 Å². The molecule has 0 atom stereocenters. The summed E-state index contributed by atoms with van der Waals surface area (Å²) < 4.78 is 67.9. The van der Waals surface area contributed by atoms with Gasteiger partial charge in [-0.25, -0.2) is 16.8 Å². The van der Waals surface area contributed by atoms with Crippen molar-refractivity contribution >= 4 is 77.3 Å². The fourth-order valence-electron chi connectivity index (χ4n) is 4.49. The Morgan fingerprint density at radius 1 is 0.591 bits per heavy atom. The highest BCUT2D eigenvalue weighted by Gasteiger charge is 2.34. The number of fused-ring (bicyclic) bond motifs is 1. The Morgan fingerprint density at radius 3 is 1.27 bits per heavy atom. The summed E-state index contributed by atoms with van der Waals surface area (Å²) in [5.74, 6) is -1.64. The summed E-state index contributed by atoms with van der Waals surface area (Å²) >= 11 is 12.5. The number of sulfonamides is 2. The number of benzene rings is 4. The molecule has 0 aliphatic rings. The van der Waals surface area contributed by atoms with E-state index in [0.717, 1.165) is 8.61 Å². The van der Waals surface area contributed by atoms with E-state index in [0.29, 0.717) is 0 Å². The summed E-state index contributed by atoms with van der Waals surface area (Å²) in [6.07, 6.45) is 0. The number of anilines is 2. The number of carbonyl (C=O) groups excluding carboxylic acids is 2. The van der Waals surface area contributed by atoms with Gasteiger partial charge < -0.3 is 9.47 Å². The van der Waals surface area contributed by atoms with Crippen molar-refractivity contribution in [1.82, 2.24) is 0 Å². The van der Waals surface area contributed by atoms with Crippen molar-refractivity contribution in [2.45, 2.75) is 23.6 Å². The Morgan fingerprint density at radius 2 is 0.932 bits per heavy atom. The van der Waals surface area contributed by atoms with E-state index in [1.165, 1.54) is 48.5 Å². The molecule has 0 spiro atoms. The van der Waals surface area contributed by atoms with Gasteiger partial charge in [-0.1, -0.05) is 71.7 Å². The highest BCUT2D eigenvalue weighted by atomic mass is 35.5. The minimum atomic E-state index is -4.45. The average molecular weight is 680 g/mol. The summed E-state index contributed by atoms with van der Waals surface area (Å²) in [6.45, 7) is 1.81. The predicted molar refractivity (Wildman–Crippen MR) is 169 cm³/mol. The number of hydrogen-bond donors (Lipinski definition) is 0. The Labute approximate surface area is 265 Å². The quantitative estimate of drug-likeness (QED) is 0.176. The highest BCUT2D eigenvalue weighted by Crippen LogP contribution is 2.39. The van der Waals surface area contributed by atoms with Gasteiger partial charge in [-0.15, -0.1) is 0 Å². The highest BCUT2D eigenvalue weighted by molar-refractivity contribution is 7.93. The van der Waals surface area contributed by atoms with Crippen molar-refractivity contribution < 1.29 is 35.9 Å². The lowest BCUT2D eigenvalue weighted by Gasteiger charge is -2.29. The first-order valence-electron chi connectivity index (χ1n) is 13.3. The zero-order chi connectivity index (χ0) is 32.1. The van der Waals surface area contributed by atoms with Crippen LogP contribution < -0.4 is 8.61 Å². The molecule has 4 rings (SSSR count). The molecule has 0 N–H and O–H groups in total. The number of esters is 2. The molecule has 0 bridgehead atoms. The lowest BCUT2D eigenvalue weighted by atomic mass is 10.1. The third kappa shape index (κ3) is 6.78. The van der Waals surface area contributed by atoms with Crippen LogP contribution in [0.4, 0.5) is 11.4 Å². The second-order valence-corrected chi connectivity index (χ2v) is 13.6. The lowest BCUT2D eigenvalue weighted by molar-refractivity contribution is -0.142. The standard InChI is InChI=1S/C30H28Cl2N2O8S2/c1-3-41-29(35)19-33(43(37,38)27-15-9-7-13-23(27)31)25-17-18-26(22-12-6-5-11-21(22)25)34(20-30(36)42-4-2)44(39,40)28-16-10-8-14-24(28)32/h5-18H,3-4,19-20H2,1-2H3. The Bertz CT molecular complexity index is 1780. The molecule has 44 heavy (non-hydrogen) atoms. The number of rotatable bonds is 12. The molecule has 0 saturated carbocycles. The summed E-state index contributed by atoms with van der Waals surface area (Å²) in [5.41, 5.74) is 0.0899. The van der Waals surface area contributed by atoms with Crippen LogP contribution in [0.25, 0.3) is 10.8 Å². The van der Waals surface area contributed by atoms with Gasteiger partial charge in [0.05, 0.1) is 34.6 Å². The molecule has 4 aromatic rings. The summed E-state index contributed by atoms with van der Waals surface area (Å²) in [4.78, 5) is 24.9. The molecule has 0 fully saturated rings. The number of carbonyl (C=O) groups is 2. The van der Waals surface area contributed by atoms with E-state index in [1.807, 2.05) is 0 Å². The molecule has 10 nitrogen and oxygen atoms in total. The lowest BCUT2D eigenvalue weighted by Crippen LogP contribution is -2.38. The third-order valence-electron chi connectivity index (χ3n) is 6.38. The molecule has 0 aliphatic heterocycles. The number of halogens is 2. The molecular weight excluding hydrogens is 651 g/mol. The van der Waals surface area contributed by atoms with Gasteiger partial charge in [0.2, 0.25) is 0 Å². The minimum Gasteiger partial charge on any atom is -0.465 e. The summed E-state index contributed by atoms with van der Waals surface area (Å²) in [5, 5.41) is 0.392. The number of ether oxygens (including phenoxy) is 2. The van der Waals surface area contributed by atoms with Gasteiger partial charge in [-0.2, -0.15) is 0 Å². The zero-order valence-electron chi connectivity index (χ0n) is 23.6. The van der Waals surface area contributed by atoms with Crippen LogP contribution in [0.1, 0.15) is 13.8 Å². The largest absolute Gasteiger partial charge is 0.465 e. The van der Waals surface area contributed by atoms with E-state index >= 15 is 0 Å². The van der Waals surface area contributed by atoms with Crippen molar-refractivity contribution in [2.24, 2.45) is 0 Å². The van der Waals surface area contributed by atoms with Crippen LogP contribution in [-0.4, -0.2) is 55.1 Å². The van der Waals surface area contributed by atoms with Crippen molar-refractivity contribution in [3.63, 3.8) is 0 Å². The van der Waals surface area contributed by atoms with Crippen molar-refractivity contribution in [1.29, 1.82) is 0 Å². The smallest absolute Gasteiger partial charge is 0.326 e. The topological polar surface area (TPSA) is 127 Å². The molecular formula is C30H28Cl2N2O8S2. The first-order chi connectivity index (χ1) is 20.9. The molecule has 0 aromatic heterocycles. The Hall–Kier alpha value is -3.84. The van der Waals surface area contributed by atoms with Gasteiger partial charge in [0.1, 0.15) is 22.9 Å². The van der Waals surface area contributed by atoms with Crippen LogP contribution in [0.15, 0.2) is 94.7 Å². The number of hydrogen-bond acceptors (Lipinski definition) is 8. The fourth-order valence-corrected chi connectivity index (χ4v) is 8.34. The number of nitrogens with zero attached hydrogens (tertiary/aromatic N) is 2. The van der Waals surface area contributed by atoms with E-state index in [2.05, 4.69) is 0 Å². The molecule has 14 heteroatoms. The molecule has 232 valence electrons. The van der Waals surface area contributed by atoms with Gasteiger partial charge in [0, 0.05) is 10.8 Å². The van der Waals surface area contributed by atoms with Gasteiger partial charge in [0.25, 0.3) is 20.0 Å². The second-order valence-electron chi connectivity index (χ2n) is 9.14. The second kappa shape index (κ2) is 13.9. The molecule has 0 saturated heterocycles. The van der Waals surface area contributed by atoms with E-state index in [4.69, 9.17) is 32.7 Å². The van der Waals surface area contributed by atoms with E-state index < -0.39 is 45.1 Å². The molecule has 0 aliphatic carbocycles. The molecule has 0 heterocycles. The van der Waals surface area contributed by atoms with Gasteiger partial charge in [0.15, 0.2) is 0 Å². The van der Waals surface area contributed by atoms with Crippen molar-refractivity contribution in [3.05, 3.63) is 95.0 Å². The summed E-state index contributed by atoms with van der Waals surface area (Å²) in [7, 11) is -8.90.